The van der Waals surface area contributed by atoms with E-state index in [2.05, 4.69) is 10.4 Å². The number of nitrogens with one attached hydrogen (secondary N) is 1. The molecular weight excluding hydrogens is 336 g/mol. The molecule has 1 amide bonds. The molecule has 24 heavy (non-hydrogen) atoms. The van der Waals surface area contributed by atoms with Crippen LogP contribution in [0.3, 0.4) is 0 Å². The molecule has 0 saturated carbocycles. The highest BCUT2D eigenvalue weighted by atomic mass is 32.2. The van der Waals surface area contributed by atoms with Gasteiger partial charge in [-0.2, -0.15) is 5.10 Å². The quantitative estimate of drug-likeness (QED) is 0.641. The van der Waals surface area contributed by atoms with Gasteiger partial charge in [0.05, 0.1) is 9.82 Å². The van der Waals surface area contributed by atoms with E-state index in [4.69, 9.17) is 0 Å². The number of hydrogen-bond donors (Lipinski definition) is 1. The molecule has 10 heteroatoms. The largest absolute Gasteiger partial charge is 0.324 e. The summed E-state index contributed by atoms with van der Waals surface area (Å²) >= 11 is 0. The number of nitro groups is 1. The van der Waals surface area contributed by atoms with Gasteiger partial charge in [-0.1, -0.05) is 6.07 Å². The molecule has 2 rings (SSSR count). The second-order valence-corrected chi connectivity index (χ2v) is 7.30. The molecule has 128 valence electrons. The molecular formula is C14H16N4O5S. The maximum absolute atomic E-state index is 12.1. The van der Waals surface area contributed by atoms with Crippen LogP contribution in [0.25, 0.3) is 0 Å². The highest BCUT2D eigenvalue weighted by molar-refractivity contribution is 7.90. The van der Waals surface area contributed by atoms with E-state index in [9.17, 15) is 23.3 Å². The third-order valence-corrected chi connectivity index (χ3v) is 4.48. The van der Waals surface area contributed by atoms with Gasteiger partial charge >= 0.3 is 5.69 Å². The van der Waals surface area contributed by atoms with Crippen molar-refractivity contribution in [3.8, 4) is 0 Å². The fourth-order valence-electron chi connectivity index (χ4n) is 2.25. The third kappa shape index (κ3) is 3.77. The Bertz CT molecular complexity index is 917. The number of nitrogens with zero attached hydrogens (tertiary/aromatic N) is 3. The zero-order valence-electron chi connectivity index (χ0n) is 13.3. The minimum absolute atomic E-state index is 0.0852. The van der Waals surface area contributed by atoms with Gasteiger partial charge < -0.3 is 5.32 Å². The molecule has 0 saturated heterocycles. The molecule has 1 N–H and O–H groups in total. The van der Waals surface area contributed by atoms with Gasteiger partial charge in [-0.15, -0.1) is 0 Å². The van der Waals surface area contributed by atoms with Gasteiger partial charge in [-0.05, 0) is 32.0 Å². The first-order chi connectivity index (χ1) is 11.1. The molecule has 2 aromatic rings. The molecule has 1 heterocycles. The Balaban J connectivity index is 2.18. The van der Waals surface area contributed by atoms with E-state index in [0.717, 1.165) is 6.26 Å². The minimum Gasteiger partial charge on any atom is -0.324 e. The molecule has 0 bridgehead atoms. The molecule has 0 aliphatic carbocycles. The average molecular weight is 352 g/mol. The van der Waals surface area contributed by atoms with E-state index in [1.165, 1.54) is 36.7 Å². The molecule has 1 aromatic heterocycles. The molecule has 9 nitrogen and oxygen atoms in total. The summed E-state index contributed by atoms with van der Waals surface area (Å²) in [4.78, 5) is 22.6. The fraction of sp³-hybridized carbons (Fsp3) is 0.286. The number of hydrogen-bond acceptors (Lipinski definition) is 6. The van der Waals surface area contributed by atoms with E-state index in [-0.39, 0.29) is 28.5 Å². The van der Waals surface area contributed by atoms with Gasteiger partial charge in [0.1, 0.15) is 17.9 Å². The van der Waals surface area contributed by atoms with E-state index in [0.29, 0.717) is 5.69 Å². The smallest absolute Gasteiger partial charge is 0.312 e. The van der Waals surface area contributed by atoms with Crippen molar-refractivity contribution < 1.29 is 18.1 Å². The predicted molar refractivity (Wildman–Crippen MR) is 86.5 cm³/mol. The number of amides is 1. The van der Waals surface area contributed by atoms with Crippen molar-refractivity contribution in [1.29, 1.82) is 0 Å². The van der Waals surface area contributed by atoms with E-state index in [1.54, 1.807) is 6.07 Å². The van der Waals surface area contributed by atoms with Crippen molar-refractivity contribution in [2.24, 2.45) is 0 Å². The molecule has 0 radical (unpaired) electrons. The summed E-state index contributed by atoms with van der Waals surface area (Å²) in [5, 5.41) is 17.5. The van der Waals surface area contributed by atoms with E-state index < -0.39 is 20.7 Å². The van der Waals surface area contributed by atoms with Gasteiger partial charge in [0.25, 0.3) is 0 Å². The summed E-state index contributed by atoms with van der Waals surface area (Å²) in [5.41, 5.74) is 0.697. The van der Waals surface area contributed by atoms with Crippen LogP contribution in [0.5, 0.6) is 0 Å². The van der Waals surface area contributed by atoms with Crippen LogP contribution >= 0.6 is 0 Å². The lowest BCUT2D eigenvalue weighted by Gasteiger charge is -2.07. The van der Waals surface area contributed by atoms with Crippen LogP contribution < -0.4 is 5.32 Å². The van der Waals surface area contributed by atoms with Gasteiger partial charge in [0.15, 0.2) is 9.84 Å². The van der Waals surface area contributed by atoms with Crippen LogP contribution in [-0.4, -0.2) is 35.3 Å². The van der Waals surface area contributed by atoms with Gasteiger partial charge in [-0.3, -0.25) is 19.6 Å². The van der Waals surface area contributed by atoms with E-state index >= 15 is 0 Å². The van der Waals surface area contributed by atoms with Crippen LogP contribution in [0.2, 0.25) is 0 Å². The standard InChI is InChI=1S/C14H16N4O5S/c1-9-14(18(20)21)10(2)17(16-9)8-13(19)15-11-5-4-6-12(7-11)24(3,22)23/h4-7H,8H2,1-3H3,(H,15,19). The normalized spacial score (nSPS) is 11.3. The predicted octanol–water partition coefficient (Wildman–Crippen LogP) is 1.45. The number of sulfone groups is 1. The Hall–Kier alpha value is -2.75. The first-order valence-electron chi connectivity index (χ1n) is 6.88. The molecule has 0 fully saturated rings. The lowest BCUT2D eigenvalue weighted by atomic mass is 10.3. The Kier molecular flexibility index (Phi) is 4.69. The minimum atomic E-state index is -3.38. The van der Waals surface area contributed by atoms with Crippen LogP contribution in [0.1, 0.15) is 11.4 Å². The Morgan fingerprint density at radius 1 is 1.38 bits per heavy atom. The number of aryl methyl sites for hydroxylation is 1. The lowest BCUT2D eigenvalue weighted by Crippen LogP contribution is -2.20. The summed E-state index contributed by atoms with van der Waals surface area (Å²) in [6, 6.07) is 5.84. The van der Waals surface area contributed by atoms with Gasteiger partial charge in [-0.25, -0.2) is 8.42 Å². The molecule has 0 unspecified atom stereocenters. The van der Waals surface area contributed by atoms with Gasteiger partial charge in [0.2, 0.25) is 5.91 Å². The number of anilines is 1. The molecule has 0 aliphatic rings. The topological polar surface area (TPSA) is 124 Å². The van der Waals surface area contributed by atoms with Crippen LogP contribution in [-0.2, 0) is 21.2 Å². The van der Waals surface area contributed by atoms with Crippen molar-refractivity contribution in [1.82, 2.24) is 9.78 Å². The Morgan fingerprint density at radius 3 is 2.58 bits per heavy atom. The second kappa shape index (κ2) is 6.40. The summed E-state index contributed by atoms with van der Waals surface area (Å²) in [5.74, 6) is -0.471. The Labute approximate surface area is 138 Å². The number of aromatic nitrogens is 2. The highest BCUT2D eigenvalue weighted by Gasteiger charge is 2.22. The molecule has 1 aromatic carbocycles. The summed E-state index contributed by atoms with van der Waals surface area (Å²) < 4.78 is 24.3. The molecule has 0 spiro atoms. The summed E-state index contributed by atoms with van der Waals surface area (Å²) in [6.45, 7) is 2.79. The zero-order chi connectivity index (χ0) is 18.1. The van der Waals surface area contributed by atoms with Crippen LogP contribution in [0.4, 0.5) is 11.4 Å². The fourth-order valence-corrected chi connectivity index (χ4v) is 2.91. The van der Waals surface area contributed by atoms with Crippen molar-refractivity contribution in [3.63, 3.8) is 0 Å². The van der Waals surface area contributed by atoms with Crippen molar-refractivity contribution >= 4 is 27.1 Å². The first kappa shape index (κ1) is 17.6. The maximum atomic E-state index is 12.1. The maximum Gasteiger partial charge on any atom is 0.312 e. The zero-order valence-corrected chi connectivity index (χ0v) is 14.1. The lowest BCUT2D eigenvalue weighted by molar-refractivity contribution is -0.386. The second-order valence-electron chi connectivity index (χ2n) is 5.28. The summed E-state index contributed by atoms with van der Waals surface area (Å²) in [7, 11) is -3.38. The van der Waals surface area contributed by atoms with Crippen molar-refractivity contribution in [2.75, 3.05) is 11.6 Å². The summed E-state index contributed by atoms with van der Waals surface area (Å²) in [6.07, 6.45) is 1.07. The molecule has 0 atom stereocenters. The number of benzene rings is 1. The van der Waals surface area contributed by atoms with Crippen molar-refractivity contribution in [3.05, 3.63) is 45.8 Å². The number of rotatable bonds is 5. The van der Waals surface area contributed by atoms with Crippen LogP contribution in [0, 0.1) is 24.0 Å². The van der Waals surface area contributed by atoms with Crippen molar-refractivity contribution in [2.45, 2.75) is 25.3 Å². The average Bonchev–Trinajstić information content (AvgIpc) is 2.72. The SMILES string of the molecule is Cc1nn(CC(=O)Nc2cccc(S(C)(=O)=O)c2)c(C)c1[N+](=O)[O-]. The number of carbonyl (C=O) groups excluding carboxylic acids is 1. The van der Waals surface area contributed by atoms with Crippen LogP contribution in [0.15, 0.2) is 29.2 Å². The first-order valence-corrected chi connectivity index (χ1v) is 8.77. The monoisotopic (exact) mass is 352 g/mol. The molecule has 0 aliphatic heterocycles. The number of carbonyl (C=O) groups is 1. The Morgan fingerprint density at radius 2 is 2.04 bits per heavy atom. The van der Waals surface area contributed by atoms with E-state index in [1.807, 2.05) is 0 Å². The van der Waals surface area contributed by atoms with Gasteiger partial charge in [0, 0.05) is 11.9 Å². The highest BCUT2D eigenvalue weighted by Crippen LogP contribution is 2.22. The third-order valence-electron chi connectivity index (χ3n) is 3.37.